The summed E-state index contributed by atoms with van der Waals surface area (Å²) in [5.74, 6) is -0.755. The standard InChI is InChI=1S/C17H21NO3/c1-11(2)13-6-3-12(4-7-13)5-10-15(19)18-16(17(20)21)14-8-9-14/h3-7,10-11,14,16H,8-9H2,1-2H3,(H,18,19)(H,20,21). The maximum Gasteiger partial charge on any atom is 0.326 e. The molecule has 2 rings (SSSR count). The summed E-state index contributed by atoms with van der Waals surface area (Å²) in [7, 11) is 0. The van der Waals surface area contributed by atoms with E-state index in [0.717, 1.165) is 18.4 Å². The minimum atomic E-state index is -0.958. The Labute approximate surface area is 124 Å². The van der Waals surface area contributed by atoms with Gasteiger partial charge in [-0.2, -0.15) is 0 Å². The zero-order valence-electron chi connectivity index (χ0n) is 12.4. The number of hydrogen-bond donors (Lipinski definition) is 2. The van der Waals surface area contributed by atoms with Gasteiger partial charge in [0, 0.05) is 6.08 Å². The monoisotopic (exact) mass is 287 g/mol. The Morgan fingerprint density at radius 3 is 2.33 bits per heavy atom. The summed E-state index contributed by atoms with van der Waals surface area (Å²) in [5.41, 5.74) is 2.17. The first kappa shape index (κ1) is 15.3. The van der Waals surface area contributed by atoms with Crippen LogP contribution in [-0.2, 0) is 9.59 Å². The quantitative estimate of drug-likeness (QED) is 0.791. The molecule has 0 aromatic heterocycles. The number of nitrogens with one attached hydrogen (secondary N) is 1. The van der Waals surface area contributed by atoms with E-state index in [-0.39, 0.29) is 11.8 Å². The van der Waals surface area contributed by atoms with Gasteiger partial charge in [-0.15, -0.1) is 0 Å². The Bertz CT molecular complexity index is 542. The first-order valence-corrected chi connectivity index (χ1v) is 7.28. The molecule has 21 heavy (non-hydrogen) atoms. The summed E-state index contributed by atoms with van der Waals surface area (Å²) in [6.45, 7) is 4.25. The van der Waals surface area contributed by atoms with Gasteiger partial charge in [-0.25, -0.2) is 4.79 Å². The highest BCUT2D eigenvalue weighted by Crippen LogP contribution is 2.32. The summed E-state index contributed by atoms with van der Waals surface area (Å²) in [5, 5.41) is 11.6. The number of hydrogen-bond acceptors (Lipinski definition) is 2. The molecule has 2 N–H and O–H groups in total. The molecule has 1 aliphatic rings. The van der Waals surface area contributed by atoms with E-state index in [9.17, 15) is 9.59 Å². The first-order valence-electron chi connectivity index (χ1n) is 7.28. The van der Waals surface area contributed by atoms with Crippen LogP contribution in [0.1, 0.15) is 43.7 Å². The Kier molecular flexibility index (Phi) is 4.78. The van der Waals surface area contributed by atoms with Crippen LogP contribution in [0.2, 0.25) is 0 Å². The molecule has 1 amide bonds. The van der Waals surface area contributed by atoms with Gasteiger partial charge in [0.2, 0.25) is 5.91 Å². The topological polar surface area (TPSA) is 66.4 Å². The molecule has 4 nitrogen and oxygen atoms in total. The largest absolute Gasteiger partial charge is 0.480 e. The molecule has 1 saturated carbocycles. The number of carboxylic acid groups (broad SMARTS) is 1. The van der Waals surface area contributed by atoms with Gasteiger partial charge in [-0.3, -0.25) is 4.79 Å². The van der Waals surface area contributed by atoms with Crippen LogP contribution in [0.15, 0.2) is 30.3 Å². The number of carboxylic acids is 1. The number of benzene rings is 1. The lowest BCUT2D eigenvalue weighted by atomic mass is 10.0. The van der Waals surface area contributed by atoms with Crippen molar-refractivity contribution in [2.75, 3.05) is 0 Å². The van der Waals surface area contributed by atoms with Crippen molar-refractivity contribution in [2.24, 2.45) is 5.92 Å². The van der Waals surface area contributed by atoms with Crippen LogP contribution in [0.5, 0.6) is 0 Å². The van der Waals surface area contributed by atoms with Crippen LogP contribution >= 0.6 is 0 Å². The molecular weight excluding hydrogens is 266 g/mol. The Hall–Kier alpha value is -2.10. The molecule has 1 aliphatic carbocycles. The highest BCUT2D eigenvalue weighted by Gasteiger charge is 2.36. The molecule has 0 aliphatic heterocycles. The number of carbonyl (C=O) groups excluding carboxylic acids is 1. The van der Waals surface area contributed by atoms with Crippen molar-refractivity contribution in [3.05, 3.63) is 41.5 Å². The van der Waals surface area contributed by atoms with E-state index in [1.165, 1.54) is 11.6 Å². The lowest BCUT2D eigenvalue weighted by molar-refractivity contribution is -0.141. The molecule has 1 unspecified atom stereocenters. The van der Waals surface area contributed by atoms with Crippen LogP contribution < -0.4 is 5.32 Å². The van der Waals surface area contributed by atoms with Crippen molar-refractivity contribution in [1.29, 1.82) is 0 Å². The Morgan fingerprint density at radius 1 is 1.24 bits per heavy atom. The highest BCUT2D eigenvalue weighted by atomic mass is 16.4. The molecule has 1 fully saturated rings. The molecule has 0 spiro atoms. The maximum absolute atomic E-state index is 11.8. The summed E-state index contributed by atoms with van der Waals surface area (Å²) in [6, 6.07) is 7.22. The second kappa shape index (κ2) is 6.57. The highest BCUT2D eigenvalue weighted by molar-refractivity contribution is 5.94. The summed E-state index contributed by atoms with van der Waals surface area (Å²) >= 11 is 0. The van der Waals surface area contributed by atoms with Gasteiger partial charge in [0.05, 0.1) is 0 Å². The first-order chi connectivity index (χ1) is 9.97. The zero-order valence-corrected chi connectivity index (χ0v) is 12.4. The van der Waals surface area contributed by atoms with Crippen molar-refractivity contribution in [2.45, 2.75) is 38.6 Å². The van der Waals surface area contributed by atoms with Crippen LogP contribution in [-0.4, -0.2) is 23.0 Å². The average Bonchev–Trinajstić information content (AvgIpc) is 3.27. The van der Waals surface area contributed by atoms with E-state index in [0.29, 0.717) is 5.92 Å². The second-order valence-corrected chi connectivity index (χ2v) is 5.82. The van der Waals surface area contributed by atoms with Crippen LogP contribution in [0, 0.1) is 5.92 Å². The molecule has 0 saturated heterocycles. The lowest BCUT2D eigenvalue weighted by Gasteiger charge is -2.11. The summed E-state index contributed by atoms with van der Waals surface area (Å²) in [6.07, 6.45) is 4.84. The van der Waals surface area contributed by atoms with Crippen LogP contribution in [0.4, 0.5) is 0 Å². The van der Waals surface area contributed by atoms with E-state index in [1.807, 2.05) is 24.3 Å². The van der Waals surface area contributed by atoms with Gasteiger partial charge >= 0.3 is 5.97 Å². The van der Waals surface area contributed by atoms with Gasteiger partial charge in [0.15, 0.2) is 0 Å². The fraction of sp³-hybridized carbons (Fsp3) is 0.412. The van der Waals surface area contributed by atoms with Gasteiger partial charge in [0.1, 0.15) is 6.04 Å². The third kappa shape index (κ3) is 4.45. The van der Waals surface area contributed by atoms with E-state index in [4.69, 9.17) is 5.11 Å². The fourth-order valence-corrected chi connectivity index (χ4v) is 2.18. The van der Waals surface area contributed by atoms with E-state index >= 15 is 0 Å². The van der Waals surface area contributed by atoms with Crippen LogP contribution in [0.25, 0.3) is 6.08 Å². The third-order valence-corrected chi connectivity index (χ3v) is 3.69. The molecule has 4 heteroatoms. The van der Waals surface area contributed by atoms with Crippen molar-refractivity contribution in [3.8, 4) is 0 Å². The summed E-state index contributed by atoms with van der Waals surface area (Å²) < 4.78 is 0. The molecule has 112 valence electrons. The van der Waals surface area contributed by atoms with Gasteiger partial charge in [-0.1, -0.05) is 38.1 Å². The Balaban J connectivity index is 1.93. The lowest BCUT2D eigenvalue weighted by Crippen LogP contribution is -2.41. The van der Waals surface area contributed by atoms with Gasteiger partial charge in [0.25, 0.3) is 0 Å². The normalized spacial score (nSPS) is 16.1. The Morgan fingerprint density at radius 2 is 1.86 bits per heavy atom. The average molecular weight is 287 g/mol. The van der Waals surface area contributed by atoms with Crippen molar-refractivity contribution in [3.63, 3.8) is 0 Å². The molecule has 1 aromatic rings. The number of amides is 1. The third-order valence-electron chi connectivity index (χ3n) is 3.69. The zero-order chi connectivity index (χ0) is 15.4. The SMILES string of the molecule is CC(C)c1ccc(C=CC(=O)NC(C(=O)O)C2CC2)cc1. The van der Waals surface area contributed by atoms with E-state index < -0.39 is 12.0 Å². The van der Waals surface area contributed by atoms with Crippen molar-refractivity contribution >= 4 is 18.0 Å². The van der Waals surface area contributed by atoms with Gasteiger partial charge in [-0.05, 0) is 41.9 Å². The molecular formula is C17H21NO3. The van der Waals surface area contributed by atoms with Crippen molar-refractivity contribution < 1.29 is 14.7 Å². The smallest absolute Gasteiger partial charge is 0.326 e. The number of rotatable bonds is 6. The second-order valence-electron chi connectivity index (χ2n) is 5.82. The molecule has 0 heterocycles. The van der Waals surface area contributed by atoms with E-state index in [2.05, 4.69) is 19.2 Å². The molecule has 1 aromatic carbocycles. The molecule has 1 atom stereocenters. The summed E-state index contributed by atoms with van der Waals surface area (Å²) in [4.78, 5) is 22.8. The predicted molar refractivity (Wildman–Crippen MR) is 81.9 cm³/mol. The fourth-order valence-electron chi connectivity index (χ4n) is 2.18. The molecule has 0 radical (unpaired) electrons. The maximum atomic E-state index is 11.8. The molecule has 0 bridgehead atoms. The van der Waals surface area contributed by atoms with Gasteiger partial charge < -0.3 is 10.4 Å². The van der Waals surface area contributed by atoms with E-state index in [1.54, 1.807) is 6.08 Å². The minimum absolute atomic E-state index is 0.0881. The minimum Gasteiger partial charge on any atom is -0.480 e. The predicted octanol–water partition coefficient (Wildman–Crippen LogP) is 2.80. The number of carbonyl (C=O) groups is 2. The number of aliphatic carboxylic acids is 1. The van der Waals surface area contributed by atoms with Crippen molar-refractivity contribution in [1.82, 2.24) is 5.32 Å². The van der Waals surface area contributed by atoms with Crippen LogP contribution in [0.3, 0.4) is 0 Å².